The molecule has 0 bridgehead atoms. The number of esters is 1. The smallest absolute Gasteiger partial charge is 0.412 e. The second-order valence-electron chi connectivity index (χ2n) is 10.8. The predicted octanol–water partition coefficient (Wildman–Crippen LogP) is 3.93. The van der Waals surface area contributed by atoms with Crippen LogP contribution in [-0.2, 0) is 31.1 Å². The third-order valence-electron chi connectivity index (χ3n) is 6.33. The number of aromatic nitrogens is 2. The Morgan fingerprint density at radius 1 is 1.14 bits per heavy atom. The molecule has 226 valence electrons. The van der Waals surface area contributed by atoms with Crippen molar-refractivity contribution in [3.63, 3.8) is 0 Å². The van der Waals surface area contributed by atoms with Crippen molar-refractivity contribution < 1.29 is 48.1 Å². The van der Waals surface area contributed by atoms with Gasteiger partial charge in [-0.05, 0) is 63.6 Å². The number of ketones is 1. The van der Waals surface area contributed by atoms with Gasteiger partial charge in [0.15, 0.2) is 6.61 Å². The fourth-order valence-corrected chi connectivity index (χ4v) is 4.73. The zero-order valence-electron chi connectivity index (χ0n) is 23.7. The van der Waals surface area contributed by atoms with Crippen molar-refractivity contribution in [2.45, 2.75) is 51.7 Å². The van der Waals surface area contributed by atoms with E-state index in [9.17, 15) is 33.9 Å². The van der Waals surface area contributed by atoms with Crippen LogP contribution < -0.4 is 15.4 Å². The highest BCUT2D eigenvalue weighted by Crippen LogP contribution is 2.39. The zero-order valence-corrected chi connectivity index (χ0v) is 24.4. The van der Waals surface area contributed by atoms with E-state index in [0.29, 0.717) is 32.1 Å². The molecule has 1 unspecified atom stereocenters. The van der Waals surface area contributed by atoms with E-state index in [-0.39, 0.29) is 24.4 Å². The highest BCUT2D eigenvalue weighted by atomic mass is 35.5. The van der Waals surface area contributed by atoms with Gasteiger partial charge in [-0.3, -0.25) is 20.1 Å². The Kier molecular flexibility index (Phi) is 8.69. The van der Waals surface area contributed by atoms with E-state index in [1.54, 1.807) is 45.0 Å². The number of nitrogens with zero attached hydrogens (tertiary/aromatic N) is 2. The molecular formula is C29H29ClFN4O8+. The average Bonchev–Trinajstić information content (AvgIpc) is 3.24. The summed E-state index contributed by atoms with van der Waals surface area (Å²) in [6.07, 6.45) is 0.471. The standard InChI is InChI=1S/C29H28ClFN4O8/c1-15(36)32-23-8-6-19(25(31)34-23)22(37)14-42-26(38)29(40)10-9-16-11-17(13-35(41)24(16)29)20-12-18(30)5-7-21(20)33-27(39)43-28(2,3)4/h5-8,11-13,40H,9-10,14H2,1-4H3,(H2-,32,33,34,36,37,39,41)/p+1. The molecule has 0 saturated carbocycles. The number of amides is 2. The van der Waals surface area contributed by atoms with Gasteiger partial charge in [-0.15, -0.1) is 0 Å². The van der Waals surface area contributed by atoms with Crippen molar-refractivity contribution in [3.05, 3.63) is 70.4 Å². The van der Waals surface area contributed by atoms with Gasteiger partial charge in [-0.1, -0.05) is 11.6 Å². The molecule has 0 radical (unpaired) electrons. The number of hydrogen-bond acceptors (Lipinski definition) is 9. The molecule has 0 fully saturated rings. The first-order valence-electron chi connectivity index (χ1n) is 13.0. The maximum absolute atomic E-state index is 14.3. The number of benzene rings is 1. The number of anilines is 2. The van der Waals surface area contributed by atoms with Crippen LogP contribution in [0.25, 0.3) is 11.1 Å². The molecule has 2 heterocycles. The molecule has 14 heteroatoms. The normalized spacial score (nSPS) is 15.8. The molecule has 1 atom stereocenters. The quantitative estimate of drug-likeness (QED) is 0.101. The molecule has 1 aliphatic carbocycles. The van der Waals surface area contributed by atoms with Crippen molar-refractivity contribution in [1.82, 2.24) is 4.98 Å². The monoisotopic (exact) mass is 615 g/mol. The van der Waals surface area contributed by atoms with Gasteiger partial charge >= 0.3 is 12.1 Å². The second kappa shape index (κ2) is 11.9. The molecular weight excluding hydrogens is 587 g/mol. The highest BCUT2D eigenvalue weighted by Gasteiger charge is 2.54. The molecule has 1 aromatic carbocycles. The summed E-state index contributed by atoms with van der Waals surface area (Å²) in [5.41, 5.74) is -2.19. The number of carbonyl (C=O) groups excluding carboxylic acids is 4. The lowest BCUT2D eigenvalue weighted by Crippen LogP contribution is -2.48. The molecule has 3 aromatic rings. The third-order valence-corrected chi connectivity index (χ3v) is 6.56. The molecule has 2 amide bonds. The van der Waals surface area contributed by atoms with Crippen molar-refractivity contribution >= 4 is 46.9 Å². The van der Waals surface area contributed by atoms with Crippen LogP contribution in [0.4, 0.5) is 20.7 Å². The van der Waals surface area contributed by atoms with E-state index in [2.05, 4.69) is 15.6 Å². The van der Waals surface area contributed by atoms with Crippen molar-refractivity contribution in [2.75, 3.05) is 17.2 Å². The van der Waals surface area contributed by atoms with Crippen LogP contribution in [0.3, 0.4) is 0 Å². The molecule has 43 heavy (non-hydrogen) atoms. The maximum Gasteiger partial charge on any atom is 0.412 e. The minimum Gasteiger partial charge on any atom is -0.455 e. The fraction of sp³-hybridized carbons (Fsp3) is 0.310. The summed E-state index contributed by atoms with van der Waals surface area (Å²) in [6, 6.07) is 8.59. The Balaban J connectivity index is 1.54. The number of hydrogen-bond donors (Lipinski definition) is 4. The zero-order chi connectivity index (χ0) is 31.7. The summed E-state index contributed by atoms with van der Waals surface area (Å²) in [5, 5.41) is 27.4. The first-order valence-corrected chi connectivity index (χ1v) is 13.4. The number of rotatable bonds is 7. The number of aryl methyl sites for hydroxylation is 1. The van der Waals surface area contributed by atoms with Crippen LogP contribution in [0.15, 0.2) is 42.6 Å². The van der Waals surface area contributed by atoms with Gasteiger partial charge in [0.1, 0.15) is 11.4 Å². The first-order chi connectivity index (χ1) is 20.1. The Bertz CT molecular complexity index is 1640. The van der Waals surface area contributed by atoms with Gasteiger partial charge < -0.3 is 19.9 Å². The lowest BCUT2D eigenvalue weighted by molar-refractivity contribution is -0.912. The lowest BCUT2D eigenvalue weighted by Gasteiger charge is -2.20. The number of pyridine rings is 2. The topological polar surface area (TPSA) is 168 Å². The molecule has 0 aliphatic heterocycles. The largest absolute Gasteiger partial charge is 0.455 e. The number of halogens is 2. The summed E-state index contributed by atoms with van der Waals surface area (Å²) in [6.45, 7) is 5.44. The average molecular weight is 616 g/mol. The Hall–Kier alpha value is -4.62. The van der Waals surface area contributed by atoms with E-state index >= 15 is 0 Å². The molecule has 0 spiro atoms. The van der Waals surface area contributed by atoms with E-state index in [0.717, 1.165) is 6.07 Å². The Labute approximate surface area is 250 Å². The number of nitrogens with one attached hydrogen (secondary N) is 2. The minimum atomic E-state index is -2.32. The van der Waals surface area contributed by atoms with Gasteiger partial charge in [0.05, 0.1) is 16.8 Å². The van der Waals surface area contributed by atoms with Gasteiger partial charge in [-0.25, -0.2) is 14.6 Å². The Morgan fingerprint density at radius 3 is 2.51 bits per heavy atom. The van der Waals surface area contributed by atoms with Crippen LogP contribution >= 0.6 is 11.6 Å². The van der Waals surface area contributed by atoms with Crippen LogP contribution in [0.2, 0.25) is 5.02 Å². The highest BCUT2D eigenvalue weighted by molar-refractivity contribution is 6.31. The van der Waals surface area contributed by atoms with Gasteiger partial charge in [-0.2, -0.15) is 4.39 Å². The second-order valence-corrected chi connectivity index (χ2v) is 11.3. The van der Waals surface area contributed by atoms with E-state index in [4.69, 9.17) is 21.1 Å². The van der Waals surface area contributed by atoms with Gasteiger partial charge in [0, 0.05) is 34.2 Å². The summed E-state index contributed by atoms with van der Waals surface area (Å²) >= 11 is 6.21. The molecule has 1 aliphatic rings. The predicted molar refractivity (Wildman–Crippen MR) is 150 cm³/mol. The SMILES string of the molecule is CC(=O)Nc1ccc(C(=O)COC(=O)C2(O)CCc3cc(-c4cc(Cl)ccc4NC(=O)OC(C)(C)C)c[n+](O)c32)c(F)n1. The number of aliphatic hydroxyl groups is 1. The van der Waals surface area contributed by atoms with Crippen LogP contribution in [0.1, 0.15) is 55.7 Å². The Morgan fingerprint density at radius 2 is 1.86 bits per heavy atom. The lowest BCUT2D eigenvalue weighted by atomic mass is 9.99. The summed E-state index contributed by atoms with van der Waals surface area (Å²) in [5.74, 6) is -3.93. The number of Topliss-reactive ketones (excluding diaryl/α,β-unsaturated/α-hetero) is 1. The van der Waals surface area contributed by atoms with E-state index in [1.165, 1.54) is 19.2 Å². The molecule has 4 rings (SSSR count). The van der Waals surface area contributed by atoms with Gasteiger partial charge in [0.25, 0.3) is 11.3 Å². The molecule has 2 aromatic heterocycles. The number of fused-ring (bicyclic) bond motifs is 1. The van der Waals surface area contributed by atoms with E-state index in [1.807, 2.05) is 0 Å². The van der Waals surface area contributed by atoms with Crippen molar-refractivity contribution in [2.24, 2.45) is 0 Å². The van der Waals surface area contributed by atoms with Crippen LogP contribution in [-0.4, -0.2) is 51.3 Å². The summed E-state index contributed by atoms with van der Waals surface area (Å²) < 4.78 is 25.3. The molecule has 0 saturated heterocycles. The third kappa shape index (κ3) is 7.07. The minimum absolute atomic E-state index is 0.104. The summed E-state index contributed by atoms with van der Waals surface area (Å²) in [4.78, 5) is 52.5. The van der Waals surface area contributed by atoms with Gasteiger partial charge in [0.2, 0.25) is 23.8 Å². The van der Waals surface area contributed by atoms with E-state index < -0.39 is 53.1 Å². The van der Waals surface area contributed by atoms with Crippen molar-refractivity contribution in [3.8, 4) is 11.1 Å². The fourth-order valence-electron chi connectivity index (χ4n) is 4.56. The molecule has 12 nitrogen and oxygen atoms in total. The summed E-state index contributed by atoms with van der Waals surface area (Å²) in [7, 11) is 0. The first kappa shape index (κ1) is 31.3. The number of carbonyl (C=O) groups is 4. The molecule has 4 N–H and O–H groups in total. The van der Waals surface area contributed by atoms with Crippen molar-refractivity contribution in [1.29, 1.82) is 0 Å². The maximum atomic E-state index is 14.3. The number of ether oxygens (including phenoxy) is 2. The van der Waals surface area contributed by atoms with Crippen LogP contribution in [0, 0.1) is 5.95 Å². The van der Waals surface area contributed by atoms with Crippen LogP contribution in [0.5, 0.6) is 0 Å².